The van der Waals surface area contributed by atoms with Crippen LogP contribution in [-0.4, -0.2) is 6.72 Å². The minimum absolute atomic E-state index is 0.654. The molecule has 0 saturated carbocycles. The summed E-state index contributed by atoms with van der Waals surface area (Å²) in [5.74, 6) is 0. The Morgan fingerprint density at radius 2 is 2.12 bits per heavy atom. The number of hydrogen-bond acceptors (Lipinski definition) is 2. The van der Waals surface area contributed by atoms with E-state index in [1.165, 1.54) is 5.56 Å². The van der Waals surface area contributed by atoms with Crippen molar-refractivity contribution in [3.05, 3.63) is 52.7 Å². The summed E-state index contributed by atoms with van der Waals surface area (Å²) in [5, 5.41) is 8.83. The fourth-order valence-electron chi connectivity index (χ4n) is 1.60. The summed E-state index contributed by atoms with van der Waals surface area (Å²) in [7, 11) is 0. The van der Waals surface area contributed by atoms with Crippen LogP contribution >= 0.6 is 0 Å². The summed E-state index contributed by atoms with van der Waals surface area (Å²) < 4.78 is 0. The van der Waals surface area contributed by atoms with Gasteiger partial charge in [-0.2, -0.15) is 5.26 Å². The van der Waals surface area contributed by atoms with Gasteiger partial charge in [0, 0.05) is 17.3 Å². The molecule has 0 fully saturated rings. The van der Waals surface area contributed by atoms with Crippen LogP contribution in [-0.2, 0) is 0 Å². The van der Waals surface area contributed by atoms with E-state index in [-0.39, 0.29) is 0 Å². The summed E-state index contributed by atoms with van der Waals surface area (Å²) in [6.45, 7) is 9.34. The van der Waals surface area contributed by atoms with Gasteiger partial charge in [-0.05, 0) is 44.7 Å². The molecular formula is C15H16N2. The quantitative estimate of drug-likeness (QED) is 0.437. The summed E-state index contributed by atoms with van der Waals surface area (Å²) in [4.78, 5) is 3.80. The monoisotopic (exact) mass is 224 g/mol. The number of allylic oxidation sites excluding steroid dienone is 3. The first-order chi connectivity index (χ1) is 8.08. The van der Waals surface area contributed by atoms with Crippen LogP contribution in [0.2, 0.25) is 0 Å². The maximum Gasteiger partial charge on any atom is 0.0944 e. The fourth-order valence-corrected chi connectivity index (χ4v) is 1.60. The lowest BCUT2D eigenvalue weighted by Gasteiger charge is -2.07. The molecule has 0 aliphatic heterocycles. The van der Waals surface area contributed by atoms with Gasteiger partial charge >= 0.3 is 0 Å². The van der Waals surface area contributed by atoms with E-state index in [0.29, 0.717) is 5.57 Å². The van der Waals surface area contributed by atoms with Gasteiger partial charge in [-0.1, -0.05) is 23.8 Å². The number of hydrogen-bond donors (Lipinski definition) is 0. The first-order valence-electron chi connectivity index (χ1n) is 5.40. The lowest BCUT2D eigenvalue weighted by molar-refractivity contribution is 1.35. The molecule has 0 atom stereocenters. The van der Waals surface area contributed by atoms with Crippen molar-refractivity contribution in [3.8, 4) is 6.07 Å². The van der Waals surface area contributed by atoms with E-state index in [9.17, 15) is 0 Å². The molecule has 0 radical (unpaired) electrons. The highest BCUT2D eigenvalue weighted by molar-refractivity contribution is 5.77. The molecule has 1 rings (SSSR count). The smallest absolute Gasteiger partial charge is 0.0944 e. The van der Waals surface area contributed by atoms with Crippen LogP contribution in [0.3, 0.4) is 0 Å². The average Bonchev–Trinajstić information content (AvgIpc) is 2.31. The number of rotatable bonds is 3. The summed E-state index contributed by atoms with van der Waals surface area (Å²) in [6, 6.07) is 8.34. The predicted octanol–water partition coefficient (Wildman–Crippen LogP) is 3.81. The molecule has 0 spiro atoms. The molecule has 0 amide bonds. The molecule has 0 aliphatic carbocycles. The molecule has 17 heavy (non-hydrogen) atoms. The Morgan fingerprint density at radius 1 is 1.41 bits per heavy atom. The molecular weight excluding hydrogens is 208 g/mol. The van der Waals surface area contributed by atoms with E-state index in [2.05, 4.69) is 36.0 Å². The van der Waals surface area contributed by atoms with Crippen LogP contribution < -0.4 is 0 Å². The largest absolute Gasteiger partial charge is 0.272 e. The molecule has 1 aromatic rings. The van der Waals surface area contributed by atoms with Crippen molar-refractivity contribution in [2.45, 2.75) is 20.8 Å². The molecule has 0 aliphatic rings. The Morgan fingerprint density at radius 3 is 2.71 bits per heavy atom. The van der Waals surface area contributed by atoms with Crippen molar-refractivity contribution in [1.82, 2.24) is 0 Å². The minimum atomic E-state index is 0.654. The third kappa shape index (κ3) is 3.42. The molecule has 1 aromatic carbocycles. The van der Waals surface area contributed by atoms with Crippen LogP contribution in [0.15, 0.2) is 41.0 Å². The Bertz CT molecular complexity index is 528. The highest BCUT2D eigenvalue weighted by atomic mass is 14.6. The highest BCUT2D eigenvalue weighted by Crippen LogP contribution is 2.22. The number of aliphatic imine (C=N–C) groups is 1. The van der Waals surface area contributed by atoms with Crippen LogP contribution in [0, 0.1) is 25.2 Å². The molecule has 0 saturated heterocycles. The first-order valence-corrected chi connectivity index (χ1v) is 5.40. The number of nitrogens with zero attached hydrogens (tertiary/aromatic N) is 2. The van der Waals surface area contributed by atoms with Gasteiger partial charge in [0.25, 0.3) is 0 Å². The third-order valence-corrected chi connectivity index (χ3v) is 2.48. The number of nitriles is 1. The Kier molecular flexibility index (Phi) is 4.42. The molecule has 0 aromatic heterocycles. The van der Waals surface area contributed by atoms with Crippen LogP contribution in [0.5, 0.6) is 0 Å². The van der Waals surface area contributed by atoms with Gasteiger partial charge in [0.1, 0.15) is 0 Å². The molecule has 0 unspecified atom stereocenters. The van der Waals surface area contributed by atoms with Crippen molar-refractivity contribution < 1.29 is 0 Å². The second kappa shape index (κ2) is 5.81. The molecule has 0 heterocycles. The minimum Gasteiger partial charge on any atom is -0.272 e. The van der Waals surface area contributed by atoms with E-state index in [0.717, 1.165) is 16.7 Å². The number of benzene rings is 1. The van der Waals surface area contributed by atoms with Crippen LogP contribution in [0.4, 0.5) is 0 Å². The summed E-state index contributed by atoms with van der Waals surface area (Å²) in [5.41, 5.74) is 5.00. The van der Waals surface area contributed by atoms with Crippen molar-refractivity contribution >= 4 is 12.3 Å². The second-order valence-corrected chi connectivity index (χ2v) is 4.02. The van der Waals surface area contributed by atoms with Gasteiger partial charge in [0.2, 0.25) is 0 Å². The first kappa shape index (κ1) is 12.9. The zero-order chi connectivity index (χ0) is 12.8. The average molecular weight is 224 g/mol. The van der Waals surface area contributed by atoms with E-state index in [1.807, 2.05) is 19.9 Å². The predicted molar refractivity (Wildman–Crippen MR) is 72.8 cm³/mol. The van der Waals surface area contributed by atoms with Gasteiger partial charge in [-0.3, -0.25) is 4.99 Å². The SMILES string of the molecule is C=N/C=C(\C=C(/C)C#N)c1cc(C)ccc1C. The standard InChI is InChI=1S/C15H16N2/c1-11-5-6-13(3)15(8-11)14(10-17-4)7-12(2)9-16/h5-8,10H,4H2,1-3H3/b12-7+,14-10+. The normalized spacial score (nSPS) is 12.1. The summed E-state index contributed by atoms with van der Waals surface area (Å²) >= 11 is 0. The Hall–Kier alpha value is -2.14. The highest BCUT2D eigenvalue weighted by Gasteiger charge is 2.03. The van der Waals surface area contributed by atoms with Gasteiger partial charge in [0.05, 0.1) is 6.07 Å². The van der Waals surface area contributed by atoms with Crippen molar-refractivity contribution in [1.29, 1.82) is 5.26 Å². The van der Waals surface area contributed by atoms with Gasteiger partial charge < -0.3 is 0 Å². The molecule has 86 valence electrons. The zero-order valence-corrected chi connectivity index (χ0v) is 10.5. The molecule has 0 bridgehead atoms. The summed E-state index contributed by atoms with van der Waals surface area (Å²) in [6.07, 6.45) is 3.51. The van der Waals surface area contributed by atoms with E-state index in [4.69, 9.17) is 5.26 Å². The molecule has 2 heteroatoms. The maximum atomic E-state index is 8.83. The number of aryl methyl sites for hydroxylation is 2. The van der Waals surface area contributed by atoms with Crippen molar-refractivity contribution in [2.24, 2.45) is 4.99 Å². The topological polar surface area (TPSA) is 36.1 Å². The molecule has 2 nitrogen and oxygen atoms in total. The Balaban J connectivity index is 3.35. The fraction of sp³-hybridized carbons (Fsp3) is 0.200. The maximum absolute atomic E-state index is 8.83. The van der Waals surface area contributed by atoms with Crippen molar-refractivity contribution in [3.63, 3.8) is 0 Å². The van der Waals surface area contributed by atoms with Gasteiger partial charge in [-0.15, -0.1) is 0 Å². The van der Waals surface area contributed by atoms with E-state index >= 15 is 0 Å². The zero-order valence-electron chi connectivity index (χ0n) is 10.5. The van der Waals surface area contributed by atoms with Crippen LogP contribution in [0.25, 0.3) is 5.57 Å². The Labute approximate surface area is 103 Å². The molecule has 0 N–H and O–H groups in total. The second-order valence-electron chi connectivity index (χ2n) is 4.02. The van der Waals surface area contributed by atoms with Crippen molar-refractivity contribution in [2.75, 3.05) is 0 Å². The van der Waals surface area contributed by atoms with Crippen LogP contribution in [0.1, 0.15) is 23.6 Å². The van der Waals surface area contributed by atoms with E-state index < -0.39 is 0 Å². The van der Waals surface area contributed by atoms with Gasteiger partial charge in [0.15, 0.2) is 0 Å². The third-order valence-electron chi connectivity index (χ3n) is 2.48. The lowest BCUT2D eigenvalue weighted by atomic mass is 9.97. The van der Waals surface area contributed by atoms with E-state index in [1.54, 1.807) is 13.1 Å². The lowest BCUT2D eigenvalue weighted by Crippen LogP contribution is -1.89. The van der Waals surface area contributed by atoms with Gasteiger partial charge in [-0.25, -0.2) is 0 Å².